The average molecular weight is 262 g/mol. The molecular weight excluding hydrogens is 234 g/mol. The van der Waals surface area contributed by atoms with Gasteiger partial charge in [-0.15, -0.1) is 12.6 Å². The van der Waals surface area contributed by atoms with Crippen LogP contribution in [0, 0.1) is 11.8 Å². The zero-order valence-corrected chi connectivity index (χ0v) is 13.2. The van der Waals surface area contributed by atoms with Gasteiger partial charge in [-0.25, -0.2) is 0 Å². The first-order valence-electron chi connectivity index (χ1n) is 6.26. The van der Waals surface area contributed by atoms with Crippen molar-refractivity contribution in [1.29, 1.82) is 0 Å². The Kier molecular flexibility index (Phi) is 7.66. The molecular formula is C13H27NS2. The molecule has 0 radical (unpaired) electrons. The second kappa shape index (κ2) is 7.54. The fourth-order valence-corrected chi connectivity index (χ4v) is 3.16. The molecule has 0 amide bonds. The van der Waals surface area contributed by atoms with Crippen molar-refractivity contribution in [3.8, 4) is 0 Å². The third kappa shape index (κ3) is 6.09. The topological polar surface area (TPSA) is 3.24 Å². The van der Waals surface area contributed by atoms with Gasteiger partial charge in [-0.05, 0) is 38.5 Å². The van der Waals surface area contributed by atoms with Crippen molar-refractivity contribution in [2.24, 2.45) is 11.8 Å². The van der Waals surface area contributed by atoms with Crippen molar-refractivity contribution >= 4 is 29.2 Å². The van der Waals surface area contributed by atoms with E-state index in [1.807, 2.05) is 0 Å². The molecule has 16 heavy (non-hydrogen) atoms. The lowest BCUT2D eigenvalue weighted by molar-refractivity contribution is 0.219. The van der Waals surface area contributed by atoms with Gasteiger partial charge < -0.3 is 4.90 Å². The number of hydrogen-bond donors (Lipinski definition) is 1. The lowest BCUT2D eigenvalue weighted by Crippen LogP contribution is -2.43. The lowest BCUT2D eigenvalue weighted by atomic mass is 9.99. The van der Waals surface area contributed by atoms with Crippen molar-refractivity contribution in [1.82, 2.24) is 4.90 Å². The average Bonchev–Trinajstić information content (AvgIpc) is 1.98. The van der Waals surface area contributed by atoms with E-state index in [-0.39, 0.29) is 0 Å². The maximum atomic E-state index is 5.27. The van der Waals surface area contributed by atoms with E-state index in [0.717, 1.165) is 4.32 Å². The standard InChI is InChI=1S/C13H27NS2/c1-9(2)7-11(5)14(13(15)16)12(6)8-10(3)4/h9-12H,7-8H2,1-6H3,(H,15,16)/t11-,12+. The molecule has 0 heterocycles. The second-order valence-electron chi connectivity index (χ2n) is 5.65. The number of thiol groups is 1. The predicted octanol–water partition coefficient (Wildman–Crippen LogP) is 4.37. The van der Waals surface area contributed by atoms with Gasteiger partial charge in [0.15, 0.2) is 0 Å². The molecule has 0 spiro atoms. The quantitative estimate of drug-likeness (QED) is 0.558. The summed E-state index contributed by atoms with van der Waals surface area (Å²) < 4.78 is 0.737. The number of nitrogens with zero attached hydrogens (tertiary/aromatic N) is 1. The largest absolute Gasteiger partial charge is 0.352 e. The van der Waals surface area contributed by atoms with E-state index >= 15 is 0 Å². The molecule has 96 valence electrons. The Morgan fingerprint density at radius 3 is 1.44 bits per heavy atom. The molecule has 0 N–H and O–H groups in total. The molecule has 0 bridgehead atoms. The van der Waals surface area contributed by atoms with Crippen LogP contribution in [-0.4, -0.2) is 21.3 Å². The first-order chi connectivity index (χ1) is 7.25. The van der Waals surface area contributed by atoms with Gasteiger partial charge in [0, 0.05) is 12.1 Å². The van der Waals surface area contributed by atoms with Crippen LogP contribution in [0.2, 0.25) is 0 Å². The molecule has 0 aromatic heterocycles. The lowest BCUT2D eigenvalue weighted by Gasteiger charge is -2.37. The Labute approximate surface area is 112 Å². The van der Waals surface area contributed by atoms with Crippen molar-refractivity contribution in [3.05, 3.63) is 0 Å². The van der Waals surface area contributed by atoms with Crippen LogP contribution in [0.4, 0.5) is 0 Å². The molecule has 0 aromatic carbocycles. The molecule has 3 heteroatoms. The van der Waals surface area contributed by atoms with Crippen LogP contribution < -0.4 is 0 Å². The molecule has 0 saturated carbocycles. The predicted molar refractivity (Wildman–Crippen MR) is 81.3 cm³/mol. The van der Waals surface area contributed by atoms with Gasteiger partial charge in [-0.3, -0.25) is 0 Å². The highest BCUT2D eigenvalue weighted by Crippen LogP contribution is 2.20. The van der Waals surface area contributed by atoms with Gasteiger partial charge in [0.2, 0.25) is 0 Å². The first-order valence-corrected chi connectivity index (χ1v) is 7.12. The number of thiocarbonyl (C=S) groups is 1. The molecule has 0 unspecified atom stereocenters. The summed E-state index contributed by atoms with van der Waals surface area (Å²) in [5.41, 5.74) is 0. The van der Waals surface area contributed by atoms with Crippen molar-refractivity contribution < 1.29 is 0 Å². The Bertz CT molecular complexity index is 198. The molecule has 0 aliphatic rings. The van der Waals surface area contributed by atoms with Crippen LogP contribution in [0.5, 0.6) is 0 Å². The smallest absolute Gasteiger partial charge is 0.133 e. The minimum absolute atomic E-state index is 0.485. The van der Waals surface area contributed by atoms with Crippen molar-refractivity contribution in [3.63, 3.8) is 0 Å². The van der Waals surface area contributed by atoms with E-state index in [9.17, 15) is 0 Å². The van der Waals surface area contributed by atoms with Crippen LogP contribution in [0.3, 0.4) is 0 Å². The van der Waals surface area contributed by atoms with Gasteiger partial charge in [-0.1, -0.05) is 39.9 Å². The Morgan fingerprint density at radius 2 is 1.25 bits per heavy atom. The van der Waals surface area contributed by atoms with E-state index in [0.29, 0.717) is 23.9 Å². The third-order valence-corrected chi connectivity index (χ3v) is 3.24. The molecule has 0 rings (SSSR count). The first kappa shape index (κ1) is 16.2. The minimum atomic E-state index is 0.485. The Balaban J connectivity index is 4.53. The van der Waals surface area contributed by atoms with E-state index in [2.05, 4.69) is 59.1 Å². The summed E-state index contributed by atoms with van der Waals surface area (Å²) in [6.45, 7) is 13.5. The van der Waals surface area contributed by atoms with E-state index < -0.39 is 0 Å². The summed E-state index contributed by atoms with van der Waals surface area (Å²) in [5, 5.41) is 0. The highest BCUT2D eigenvalue weighted by molar-refractivity contribution is 8.10. The number of hydrogen-bond acceptors (Lipinski definition) is 1. The fraction of sp³-hybridized carbons (Fsp3) is 0.923. The van der Waals surface area contributed by atoms with Gasteiger partial charge in [0.05, 0.1) is 0 Å². The highest BCUT2D eigenvalue weighted by Gasteiger charge is 2.22. The molecule has 2 atom stereocenters. The van der Waals surface area contributed by atoms with Gasteiger partial charge >= 0.3 is 0 Å². The summed E-state index contributed by atoms with van der Waals surface area (Å²) in [6, 6.07) is 0.970. The van der Waals surface area contributed by atoms with Crippen molar-refractivity contribution in [2.45, 2.75) is 66.5 Å². The molecule has 0 aliphatic heterocycles. The van der Waals surface area contributed by atoms with Crippen molar-refractivity contribution in [2.75, 3.05) is 0 Å². The van der Waals surface area contributed by atoms with Crippen LogP contribution >= 0.6 is 24.8 Å². The highest BCUT2D eigenvalue weighted by atomic mass is 32.1. The van der Waals surface area contributed by atoms with Crippen LogP contribution in [0.15, 0.2) is 0 Å². The van der Waals surface area contributed by atoms with E-state index in [4.69, 9.17) is 12.2 Å². The zero-order chi connectivity index (χ0) is 12.9. The molecule has 1 nitrogen and oxygen atoms in total. The van der Waals surface area contributed by atoms with E-state index in [1.54, 1.807) is 0 Å². The van der Waals surface area contributed by atoms with Crippen LogP contribution in [0.1, 0.15) is 54.4 Å². The molecule has 0 aliphatic carbocycles. The van der Waals surface area contributed by atoms with Gasteiger partial charge in [0.1, 0.15) is 4.32 Å². The Morgan fingerprint density at radius 1 is 0.938 bits per heavy atom. The normalized spacial score (nSPS) is 15.3. The maximum Gasteiger partial charge on any atom is 0.133 e. The maximum absolute atomic E-state index is 5.27. The van der Waals surface area contributed by atoms with Gasteiger partial charge in [0.25, 0.3) is 0 Å². The van der Waals surface area contributed by atoms with E-state index in [1.165, 1.54) is 12.8 Å². The summed E-state index contributed by atoms with van der Waals surface area (Å²) in [4.78, 5) is 2.29. The fourth-order valence-electron chi connectivity index (χ4n) is 2.40. The molecule has 0 aromatic rings. The molecule has 0 fully saturated rings. The van der Waals surface area contributed by atoms with Crippen LogP contribution in [-0.2, 0) is 0 Å². The SMILES string of the molecule is CC(C)C[C@@H](C)N(C(=S)S)[C@@H](C)CC(C)C. The minimum Gasteiger partial charge on any atom is -0.352 e. The Hall–Kier alpha value is 0.240. The summed E-state index contributed by atoms with van der Waals surface area (Å²) >= 11 is 9.64. The summed E-state index contributed by atoms with van der Waals surface area (Å²) in [7, 11) is 0. The monoisotopic (exact) mass is 261 g/mol. The zero-order valence-electron chi connectivity index (χ0n) is 11.5. The second-order valence-corrected chi connectivity index (χ2v) is 6.76. The summed E-state index contributed by atoms with van der Waals surface area (Å²) in [6.07, 6.45) is 2.34. The van der Waals surface area contributed by atoms with Crippen LogP contribution in [0.25, 0.3) is 0 Å². The van der Waals surface area contributed by atoms with Gasteiger partial charge in [-0.2, -0.15) is 0 Å². The molecule has 0 saturated heterocycles. The number of rotatable bonds is 6. The third-order valence-electron chi connectivity index (χ3n) is 2.80. The summed E-state index contributed by atoms with van der Waals surface area (Å²) in [5.74, 6) is 1.40.